The van der Waals surface area contributed by atoms with Gasteiger partial charge in [-0.25, -0.2) is 0 Å². The first-order valence-corrected chi connectivity index (χ1v) is 38.5. The lowest BCUT2D eigenvalue weighted by Crippen LogP contribution is -1.86. The highest BCUT2D eigenvalue weighted by Crippen LogP contribution is 2.50. The van der Waals surface area contributed by atoms with E-state index in [0.717, 1.165) is 215 Å². The molecule has 7 nitrogen and oxygen atoms in total. The van der Waals surface area contributed by atoms with E-state index < -0.39 is 0 Å². The summed E-state index contributed by atoms with van der Waals surface area (Å²) >= 11 is 0. The molecule has 0 unspecified atom stereocenters. The topological polar surface area (TPSA) is 92.0 Å². The molecule has 0 saturated carbocycles. The van der Waals surface area contributed by atoms with Crippen LogP contribution in [0.5, 0.6) is 0 Å². The lowest BCUT2D eigenvalue weighted by Gasteiger charge is -2.08. The maximum atomic E-state index is 6.80. The van der Waals surface area contributed by atoms with Gasteiger partial charge in [0.25, 0.3) is 0 Å². The molecule has 532 valence electrons. The Morgan fingerprint density at radius 2 is 0.407 bits per heavy atom. The number of hydrogen-bond donors (Lipinski definition) is 0. The van der Waals surface area contributed by atoms with Crippen molar-refractivity contribution in [2.45, 2.75) is 27.7 Å². The Hall–Kier alpha value is -14.7. The summed E-state index contributed by atoms with van der Waals surface area (Å²) in [5.41, 5.74) is 34.7. The zero-order valence-electron chi connectivity index (χ0n) is 62.0. The van der Waals surface area contributed by atoms with Crippen LogP contribution in [0, 0.1) is 27.7 Å². The van der Waals surface area contributed by atoms with Gasteiger partial charge < -0.3 is 30.9 Å². The predicted octanol–water partition coefficient (Wildman–Crippen LogP) is 31.2. The smallest absolute Gasteiger partial charge is 0.147 e. The molecule has 113 heavy (non-hydrogen) atoms. The van der Waals surface area contributed by atoms with E-state index in [0.29, 0.717) is 0 Å². The number of rotatable bonds is 8. The molecule has 7 aromatic heterocycles. The fourth-order valence-corrected chi connectivity index (χ4v) is 17.9. The highest BCUT2D eigenvalue weighted by molar-refractivity contribution is 6.25. The van der Waals surface area contributed by atoms with Gasteiger partial charge in [-0.1, -0.05) is 200 Å². The molecular weight excluding hydrogens is 1390 g/mol. The van der Waals surface area contributed by atoms with Crippen LogP contribution in [0.1, 0.15) is 22.3 Å². The van der Waals surface area contributed by atoms with Gasteiger partial charge in [-0.05, 0) is 255 Å². The molecule has 0 N–H and O–H groups in total. The standard InChI is InChI=1S/C58H38O4.C48H28O3/c1-31-23-53-47(29-41(31)39-17-21-51-45(27-39)43-25-37(15-19-49(43)59-51)35-11-7-5-8-12-35)55-33(3)56-48-30-42(32(2)24-54(48)62-58(56)34(4)57(55)61-53)40-18-22-52-46(28-40)44-26-38(16-20-50(44)60-52)36-13-9-6-10-14-36;1-4-10-29(11-5-1)32-16-20-42-36(24-32)37-27-35(19-23-43(37)49-42)46-47-40(38-25-33(17-21-44(38)50-47)30-12-6-2-7-13-30)28-41-39-26-34(31-14-8-3-9-15-31)18-22-45(39)51-48(41)46/h5-30H,1-4H3;1-28H. The van der Waals surface area contributed by atoms with Crippen LogP contribution >= 0.6 is 0 Å². The highest BCUT2D eigenvalue weighted by Gasteiger charge is 2.27. The molecule has 0 atom stereocenters. The van der Waals surface area contributed by atoms with Crippen molar-refractivity contribution >= 4 is 154 Å². The first-order chi connectivity index (χ1) is 55.6. The summed E-state index contributed by atoms with van der Waals surface area (Å²) in [5.74, 6) is 0. The van der Waals surface area contributed by atoms with Crippen LogP contribution in [0.3, 0.4) is 0 Å². The Kier molecular flexibility index (Phi) is 14.2. The molecule has 7 heteroatoms. The Morgan fingerprint density at radius 1 is 0.159 bits per heavy atom. The van der Waals surface area contributed by atoms with Crippen molar-refractivity contribution in [2.24, 2.45) is 0 Å². The minimum absolute atomic E-state index is 0.808. The fourth-order valence-electron chi connectivity index (χ4n) is 17.9. The molecule has 7 heterocycles. The van der Waals surface area contributed by atoms with Gasteiger partial charge in [-0.15, -0.1) is 0 Å². The van der Waals surface area contributed by atoms with Crippen LogP contribution in [0.4, 0.5) is 0 Å². The summed E-state index contributed by atoms with van der Waals surface area (Å²) in [6.45, 7) is 8.68. The van der Waals surface area contributed by atoms with Gasteiger partial charge in [0.15, 0.2) is 0 Å². The molecular formula is C106H66O7. The van der Waals surface area contributed by atoms with Crippen LogP contribution in [-0.2, 0) is 0 Å². The molecule has 0 saturated heterocycles. The van der Waals surface area contributed by atoms with E-state index in [2.05, 4.69) is 349 Å². The lowest BCUT2D eigenvalue weighted by atomic mass is 9.92. The minimum Gasteiger partial charge on any atom is -0.456 e. The Morgan fingerprint density at radius 3 is 0.717 bits per heavy atom. The first kappa shape index (κ1) is 64.3. The lowest BCUT2D eigenvalue weighted by molar-refractivity contribution is 0.650. The normalized spacial score (nSPS) is 12.1. The molecule has 0 amide bonds. The van der Waals surface area contributed by atoms with Gasteiger partial charge in [-0.2, -0.15) is 0 Å². The van der Waals surface area contributed by atoms with E-state index in [-0.39, 0.29) is 0 Å². The van der Waals surface area contributed by atoms with E-state index in [1.54, 1.807) is 0 Å². The van der Waals surface area contributed by atoms with Crippen molar-refractivity contribution in [3.63, 3.8) is 0 Å². The molecule has 0 aliphatic rings. The second kappa shape index (κ2) is 24.9. The average molecular weight is 1450 g/mol. The summed E-state index contributed by atoms with van der Waals surface area (Å²) in [7, 11) is 0. The molecule has 0 radical (unpaired) electrons. The van der Waals surface area contributed by atoms with E-state index in [1.807, 2.05) is 6.07 Å². The van der Waals surface area contributed by atoms with Gasteiger partial charge in [0.05, 0.1) is 5.56 Å². The molecule has 24 aromatic rings. The third kappa shape index (κ3) is 10.3. The quantitative estimate of drug-likeness (QED) is 0.150. The molecule has 24 rings (SSSR count). The van der Waals surface area contributed by atoms with Crippen molar-refractivity contribution in [2.75, 3.05) is 0 Å². The molecule has 0 spiro atoms. The van der Waals surface area contributed by atoms with E-state index >= 15 is 0 Å². The summed E-state index contributed by atoms with van der Waals surface area (Å²) in [5, 5.41) is 15.3. The van der Waals surface area contributed by atoms with Crippen molar-refractivity contribution in [1.82, 2.24) is 0 Å². The fraction of sp³-hybridized carbons (Fsp3) is 0.0377. The highest BCUT2D eigenvalue weighted by atomic mass is 16.4. The number of fused-ring (bicyclic) bond motifs is 21. The Labute approximate surface area is 647 Å². The van der Waals surface area contributed by atoms with Gasteiger partial charge >= 0.3 is 0 Å². The summed E-state index contributed by atoms with van der Waals surface area (Å²) < 4.78 is 46.2. The summed E-state index contributed by atoms with van der Waals surface area (Å²) in [6, 6.07) is 116. The van der Waals surface area contributed by atoms with E-state index in [9.17, 15) is 0 Å². The summed E-state index contributed by atoms with van der Waals surface area (Å²) in [4.78, 5) is 0. The second-order valence-electron chi connectivity index (χ2n) is 30.2. The van der Waals surface area contributed by atoms with E-state index in [4.69, 9.17) is 30.9 Å². The van der Waals surface area contributed by atoms with Gasteiger partial charge in [0, 0.05) is 81.0 Å². The maximum Gasteiger partial charge on any atom is 0.147 e. The number of hydrogen-bond acceptors (Lipinski definition) is 7. The number of aryl methyl sites for hydroxylation is 4. The molecule has 0 aliphatic carbocycles. The van der Waals surface area contributed by atoms with Crippen LogP contribution in [0.2, 0.25) is 0 Å². The molecule has 0 bridgehead atoms. The van der Waals surface area contributed by atoms with E-state index in [1.165, 1.54) is 50.1 Å². The Bertz CT molecular complexity index is 7670. The largest absolute Gasteiger partial charge is 0.456 e. The second-order valence-corrected chi connectivity index (χ2v) is 30.2. The van der Waals surface area contributed by atoms with Crippen molar-refractivity contribution in [1.29, 1.82) is 0 Å². The monoisotopic (exact) mass is 1450 g/mol. The van der Waals surface area contributed by atoms with Gasteiger partial charge in [0.2, 0.25) is 0 Å². The number of benzene rings is 17. The van der Waals surface area contributed by atoms with Crippen molar-refractivity contribution < 1.29 is 30.9 Å². The molecule has 0 aliphatic heterocycles. The predicted molar refractivity (Wildman–Crippen MR) is 466 cm³/mol. The molecule has 17 aromatic carbocycles. The summed E-state index contributed by atoms with van der Waals surface area (Å²) in [6.07, 6.45) is 0. The SMILES string of the molecule is Cc1cc2oc3c(C)c4oc5cc(C)c(-c6ccc7oc8ccc(-c9ccccc9)cc8c7c6)cc5c4c(C)c3c2cc1-c1ccc2oc3ccc(-c4ccccc4)cc3c2c1.c1ccc(-c2ccc3oc4ccc(-c5c6oc7ccc(-c8ccccc8)cc7c6cc6c5oc5ccc(-c7ccccc7)cc56)cc4c3c2)cc1. The van der Waals surface area contributed by atoms with Gasteiger partial charge in [-0.3, -0.25) is 0 Å². The first-order valence-electron chi connectivity index (χ1n) is 38.5. The van der Waals surface area contributed by atoms with Gasteiger partial charge in [0.1, 0.15) is 78.2 Å². The third-order valence-corrected chi connectivity index (χ3v) is 23.6. The zero-order chi connectivity index (χ0) is 74.8. The molecule has 0 fully saturated rings. The van der Waals surface area contributed by atoms with Crippen LogP contribution in [0.15, 0.2) is 359 Å². The van der Waals surface area contributed by atoms with Crippen molar-refractivity contribution in [3.05, 3.63) is 350 Å². The van der Waals surface area contributed by atoms with Crippen LogP contribution in [0.25, 0.3) is 243 Å². The maximum absolute atomic E-state index is 6.80. The average Bonchev–Trinajstić information content (AvgIpc) is 1.57. The third-order valence-electron chi connectivity index (χ3n) is 23.6. The van der Waals surface area contributed by atoms with Crippen LogP contribution < -0.4 is 0 Å². The number of furan rings is 7. The van der Waals surface area contributed by atoms with Crippen molar-refractivity contribution in [3.8, 4) is 89.0 Å². The zero-order valence-corrected chi connectivity index (χ0v) is 62.0. The van der Waals surface area contributed by atoms with Crippen LogP contribution in [-0.4, -0.2) is 0 Å². The Balaban J connectivity index is 0.000000137. The minimum atomic E-state index is 0.808.